The van der Waals surface area contributed by atoms with Crippen molar-refractivity contribution in [2.24, 2.45) is 11.8 Å². The predicted octanol–water partition coefficient (Wildman–Crippen LogP) is 8.38. The molecule has 0 saturated heterocycles. The lowest BCUT2D eigenvalue weighted by Gasteiger charge is -2.17. The molecule has 1 aliphatic heterocycles. The van der Waals surface area contributed by atoms with Crippen molar-refractivity contribution >= 4 is 51.1 Å². The summed E-state index contributed by atoms with van der Waals surface area (Å²) in [4.78, 5) is 65.0. The van der Waals surface area contributed by atoms with Crippen LogP contribution >= 0.6 is 11.3 Å². The lowest BCUT2D eigenvalue weighted by molar-refractivity contribution is -0.148. The van der Waals surface area contributed by atoms with E-state index in [0.29, 0.717) is 10.3 Å². The Bertz CT molecular complexity index is 2610. The molecule has 1 N–H and O–H groups in total. The number of hydrogen-bond donors (Lipinski definition) is 1. The van der Waals surface area contributed by atoms with Gasteiger partial charge in [-0.2, -0.15) is 0 Å². The topological polar surface area (TPSA) is 165 Å². The lowest BCUT2D eigenvalue weighted by atomic mass is 9.98. The number of ether oxygens (including phenoxy) is 7. The quantitative estimate of drug-likeness (QED) is 0.0344. The van der Waals surface area contributed by atoms with Gasteiger partial charge in [-0.15, -0.1) is 11.3 Å². The third-order valence-corrected chi connectivity index (χ3v) is 12.7. The van der Waals surface area contributed by atoms with Gasteiger partial charge in [0.25, 0.3) is 0 Å². The van der Waals surface area contributed by atoms with Gasteiger partial charge in [-0.05, 0) is 39.9 Å². The minimum atomic E-state index is -0.824. The van der Waals surface area contributed by atoms with Gasteiger partial charge in [-0.3, -0.25) is 19.2 Å². The number of alkyl carbamates (subject to hydrolysis) is 1. The molecule has 66 heavy (non-hydrogen) atoms. The fourth-order valence-corrected chi connectivity index (χ4v) is 9.12. The SMILES string of the molecule is COC(=O)[C@@H](C)CC(=O)N1Cc2cc(OC)c(OCCCOc3c(OC)cc4sc(C(=O)C[C@H](C)C(=O)OCCNC(=O)OCC5c6ccccc6-c6ccccc65)cc4c3F)c(F)c2C1. The molecule has 0 radical (unpaired) electrons. The molecule has 2 heterocycles. The van der Waals surface area contributed by atoms with E-state index in [4.69, 9.17) is 33.2 Å². The van der Waals surface area contributed by atoms with Crippen LogP contribution in [0.3, 0.4) is 0 Å². The molecule has 0 spiro atoms. The van der Waals surface area contributed by atoms with Gasteiger partial charge in [-0.1, -0.05) is 62.4 Å². The Labute approximate surface area is 384 Å². The number of halogens is 2. The van der Waals surface area contributed by atoms with Crippen LogP contribution in [0.15, 0.2) is 66.7 Å². The van der Waals surface area contributed by atoms with Crippen LogP contribution in [0, 0.1) is 23.5 Å². The van der Waals surface area contributed by atoms with Gasteiger partial charge in [-0.25, -0.2) is 13.6 Å². The highest BCUT2D eigenvalue weighted by atomic mass is 32.1. The largest absolute Gasteiger partial charge is 0.493 e. The summed E-state index contributed by atoms with van der Waals surface area (Å²) in [6, 6.07) is 20.6. The molecule has 0 unspecified atom stereocenters. The molecular formula is C49H50F2N2O12S. The number of esters is 2. The summed E-state index contributed by atoms with van der Waals surface area (Å²) >= 11 is 1.04. The van der Waals surface area contributed by atoms with Gasteiger partial charge in [0, 0.05) is 60.0 Å². The van der Waals surface area contributed by atoms with Crippen molar-refractivity contribution in [3.8, 4) is 34.1 Å². The van der Waals surface area contributed by atoms with Crippen LogP contribution in [0.2, 0.25) is 0 Å². The summed E-state index contributed by atoms with van der Waals surface area (Å²) in [5.74, 6) is -4.94. The van der Waals surface area contributed by atoms with Crippen LogP contribution in [0.25, 0.3) is 21.2 Å². The molecule has 0 saturated carbocycles. The first kappa shape index (κ1) is 47.2. The zero-order chi connectivity index (χ0) is 47.1. The number of fused-ring (bicyclic) bond motifs is 5. The molecule has 0 bridgehead atoms. The molecule has 2 atom stereocenters. The summed E-state index contributed by atoms with van der Waals surface area (Å²) in [6.45, 7) is 3.20. The maximum atomic E-state index is 16.0. The number of hydrogen-bond acceptors (Lipinski definition) is 13. The molecule has 2 aliphatic rings. The number of amides is 2. The third-order valence-electron chi connectivity index (χ3n) is 11.6. The van der Waals surface area contributed by atoms with Crippen molar-refractivity contribution in [2.75, 3.05) is 54.3 Å². The number of Topliss-reactive ketones (excluding diaryl/α,β-unsaturated/α-hetero) is 1. The highest BCUT2D eigenvalue weighted by Crippen LogP contribution is 2.45. The molecule has 1 aromatic heterocycles. The van der Waals surface area contributed by atoms with Gasteiger partial charge in [0.2, 0.25) is 5.91 Å². The zero-order valence-corrected chi connectivity index (χ0v) is 38.0. The number of methoxy groups -OCH3 is 3. The Morgan fingerprint density at radius 3 is 2.03 bits per heavy atom. The van der Waals surface area contributed by atoms with E-state index in [9.17, 15) is 24.0 Å². The molecule has 2 amide bonds. The van der Waals surface area contributed by atoms with E-state index in [1.165, 1.54) is 32.3 Å². The standard InChI is InChI=1S/C49H50F2N2O12S/c1-27(48(57)64-18-15-52-49(58)65-26-36-32-13-8-6-11-30(32)31-12-7-9-14-33(31)36)19-37(54)41-22-34-40(66-41)23-39(60-4)46(43(34)50)63-17-10-16-62-45-38(59-3)21-29-24-53(25-35(29)44(45)51)42(55)20-28(2)47(56)61-5/h6-9,11-14,21-23,27-28,36H,10,15-20,24-26H2,1-5H3,(H,52,58)/t27-,28-/m0/s1. The van der Waals surface area contributed by atoms with Crippen LogP contribution in [0.1, 0.15) is 71.0 Å². The first-order chi connectivity index (χ1) is 31.8. The molecule has 5 aromatic rings. The summed E-state index contributed by atoms with van der Waals surface area (Å²) in [6.07, 6.45) is -0.729. The van der Waals surface area contributed by atoms with Crippen molar-refractivity contribution in [2.45, 2.75) is 52.1 Å². The Kier molecular flexibility index (Phi) is 15.1. The number of nitrogens with zero attached hydrogens (tertiary/aromatic N) is 1. The molecule has 14 nitrogen and oxygen atoms in total. The number of benzene rings is 4. The summed E-state index contributed by atoms with van der Waals surface area (Å²) in [7, 11) is 3.97. The number of rotatable bonds is 20. The van der Waals surface area contributed by atoms with E-state index >= 15 is 8.78 Å². The van der Waals surface area contributed by atoms with Crippen molar-refractivity contribution in [1.82, 2.24) is 10.2 Å². The molecule has 0 fully saturated rings. The van der Waals surface area contributed by atoms with E-state index in [1.54, 1.807) is 26.0 Å². The first-order valence-corrected chi connectivity index (χ1v) is 22.2. The predicted molar refractivity (Wildman–Crippen MR) is 239 cm³/mol. The molecule has 348 valence electrons. The van der Waals surface area contributed by atoms with E-state index < -0.39 is 47.3 Å². The van der Waals surface area contributed by atoms with Gasteiger partial charge in [0.05, 0.1) is 57.8 Å². The Morgan fingerprint density at radius 2 is 1.38 bits per heavy atom. The monoisotopic (exact) mass is 928 g/mol. The highest BCUT2D eigenvalue weighted by molar-refractivity contribution is 7.20. The maximum Gasteiger partial charge on any atom is 0.407 e. The van der Waals surface area contributed by atoms with Gasteiger partial charge >= 0.3 is 18.0 Å². The Hall–Kier alpha value is -6.75. The Morgan fingerprint density at radius 1 is 0.758 bits per heavy atom. The number of carbonyl (C=O) groups excluding carboxylic acids is 5. The molecular weight excluding hydrogens is 879 g/mol. The smallest absolute Gasteiger partial charge is 0.407 e. The minimum absolute atomic E-state index is 0.00510. The summed E-state index contributed by atoms with van der Waals surface area (Å²) in [5.41, 5.74) is 5.24. The fraction of sp³-hybridized carbons (Fsp3) is 0.367. The zero-order valence-electron chi connectivity index (χ0n) is 37.2. The number of ketones is 1. The second kappa shape index (κ2) is 21.0. The molecule has 1 aliphatic carbocycles. The summed E-state index contributed by atoms with van der Waals surface area (Å²) < 4.78 is 70.1. The molecule has 17 heteroatoms. The van der Waals surface area contributed by atoms with Crippen molar-refractivity contribution in [1.29, 1.82) is 0 Å². The number of nitrogens with one attached hydrogen (secondary N) is 1. The van der Waals surface area contributed by atoms with Crippen molar-refractivity contribution < 1.29 is 65.9 Å². The van der Waals surface area contributed by atoms with Crippen LogP contribution in [-0.2, 0) is 41.7 Å². The second-order valence-electron chi connectivity index (χ2n) is 16.0. The second-order valence-corrected chi connectivity index (χ2v) is 17.1. The maximum absolute atomic E-state index is 16.0. The van der Waals surface area contributed by atoms with E-state index in [2.05, 4.69) is 5.32 Å². The lowest BCUT2D eigenvalue weighted by Crippen LogP contribution is -2.30. The number of thiophene rings is 1. The van der Waals surface area contributed by atoms with Crippen molar-refractivity contribution in [3.05, 3.63) is 105 Å². The Balaban J connectivity index is 0.862. The highest BCUT2D eigenvalue weighted by Gasteiger charge is 2.33. The summed E-state index contributed by atoms with van der Waals surface area (Å²) in [5, 5.41) is 2.72. The van der Waals surface area contributed by atoms with Gasteiger partial charge < -0.3 is 43.4 Å². The normalized spacial score (nSPS) is 13.5. The number of carbonyl (C=O) groups is 5. The fourth-order valence-electron chi connectivity index (χ4n) is 8.09. The van der Waals surface area contributed by atoms with Gasteiger partial charge in [0.1, 0.15) is 13.2 Å². The molecule has 4 aromatic carbocycles. The van der Waals surface area contributed by atoms with E-state index in [-0.39, 0.29) is 116 Å². The first-order valence-electron chi connectivity index (χ1n) is 21.4. The average Bonchev–Trinajstić information content (AvgIpc) is 4.05. The van der Waals surface area contributed by atoms with Crippen LogP contribution in [0.5, 0.6) is 23.0 Å². The van der Waals surface area contributed by atoms with E-state index in [1.807, 2.05) is 48.5 Å². The third kappa shape index (κ3) is 10.2. The van der Waals surface area contributed by atoms with Crippen LogP contribution in [0.4, 0.5) is 13.6 Å². The minimum Gasteiger partial charge on any atom is -0.493 e. The molecule has 7 rings (SSSR count). The average molecular weight is 929 g/mol. The van der Waals surface area contributed by atoms with Crippen LogP contribution < -0.4 is 24.3 Å². The van der Waals surface area contributed by atoms with Crippen LogP contribution in [-0.4, -0.2) is 88.9 Å². The van der Waals surface area contributed by atoms with Gasteiger partial charge in [0.15, 0.2) is 40.4 Å². The van der Waals surface area contributed by atoms with E-state index in [0.717, 1.165) is 33.6 Å². The van der Waals surface area contributed by atoms with Crippen molar-refractivity contribution in [3.63, 3.8) is 0 Å².